The summed E-state index contributed by atoms with van der Waals surface area (Å²) in [6, 6.07) is 8.52. The van der Waals surface area contributed by atoms with Gasteiger partial charge in [-0.3, -0.25) is 9.79 Å². The lowest BCUT2D eigenvalue weighted by atomic mass is 10.1. The van der Waals surface area contributed by atoms with Crippen LogP contribution in [-0.4, -0.2) is 31.5 Å². The number of nitrogens with zero attached hydrogens (tertiary/aromatic N) is 1. The summed E-state index contributed by atoms with van der Waals surface area (Å²) in [7, 11) is 1.79. The molecule has 0 aliphatic heterocycles. The normalized spacial score (nSPS) is 14.1. The number of hydrogen-bond donors (Lipinski definition) is 3. The predicted octanol–water partition coefficient (Wildman–Crippen LogP) is 2.13. The van der Waals surface area contributed by atoms with Crippen LogP contribution in [-0.2, 0) is 11.2 Å². The van der Waals surface area contributed by atoms with Gasteiger partial charge >= 0.3 is 0 Å². The molecular formula is C15H23IN4O. The molecule has 1 saturated carbocycles. The van der Waals surface area contributed by atoms with E-state index in [4.69, 9.17) is 0 Å². The number of carbonyl (C=O) groups is 1. The molecule has 2 rings (SSSR count). The molecule has 0 aromatic heterocycles. The first-order chi connectivity index (χ1) is 9.67. The van der Waals surface area contributed by atoms with Crippen LogP contribution in [0.5, 0.6) is 0 Å². The van der Waals surface area contributed by atoms with E-state index < -0.39 is 0 Å². The third kappa shape index (κ3) is 6.79. The molecule has 0 heterocycles. The molecule has 1 aliphatic carbocycles. The summed E-state index contributed by atoms with van der Waals surface area (Å²) in [4.78, 5) is 15.1. The number of aliphatic imine (C=N–C) groups is 1. The fourth-order valence-electron chi connectivity index (χ4n) is 1.90. The van der Waals surface area contributed by atoms with E-state index in [9.17, 15) is 4.79 Å². The lowest BCUT2D eigenvalue weighted by Crippen LogP contribution is -2.39. The Morgan fingerprint density at radius 1 is 1.29 bits per heavy atom. The van der Waals surface area contributed by atoms with Crippen LogP contribution >= 0.6 is 24.0 Å². The molecule has 1 aliphatic rings. The minimum absolute atomic E-state index is 0. The number of nitrogens with one attached hydrogen (secondary N) is 3. The van der Waals surface area contributed by atoms with E-state index >= 15 is 0 Å². The second kappa shape index (κ2) is 8.86. The van der Waals surface area contributed by atoms with Gasteiger partial charge in [0.15, 0.2) is 5.96 Å². The zero-order valence-electron chi connectivity index (χ0n) is 12.5. The van der Waals surface area contributed by atoms with Gasteiger partial charge in [-0.25, -0.2) is 0 Å². The molecule has 0 spiro atoms. The van der Waals surface area contributed by atoms with Gasteiger partial charge in [0.2, 0.25) is 5.91 Å². The molecule has 1 aromatic carbocycles. The Morgan fingerprint density at radius 3 is 2.48 bits per heavy atom. The maximum absolute atomic E-state index is 10.9. The van der Waals surface area contributed by atoms with Crippen LogP contribution < -0.4 is 16.0 Å². The molecule has 21 heavy (non-hydrogen) atoms. The van der Waals surface area contributed by atoms with Crippen molar-refractivity contribution >= 4 is 41.5 Å². The van der Waals surface area contributed by atoms with Gasteiger partial charge in [-0.2, -0.15) is 0 Å². The van der Waals surface area contributed by atoms with Crippen LogP contribution in [0.25, 0.3) is 0 Å². The molecule has 0 saturated heterocycles. The number of amides is 1. The monoisotopic (exact) mass is 402 g/mol. The van der Waals surface area contributed by atoms with Crippen molar-refractivity contribution in [3.05, 3.63) is 29.8 Å². The number of guanidine groups is 1. The van der Waals surface area contributed by atoms with E-state index in [0.717, 1.165) is 24.6 Å². The predicted molar refractivity (Wildman–Crippen MR) is 97.4 cm³/mol. The summed E-state index contributed by atoms with van der Waals surface area (Å²) in [6.07, 6.45) is 3.41. The van der Waals surface area contributed by atoms with Crippen molar-refractivity contribution in [1.82, 2.24) is 10.6 Å². The van der Waals surface area contributed by atoms with Gasteiger partial charge < -0.3 is 16.0 Å². The van der Waals surface area contributed by atoms with Gasteiger partial charge in [0, 0.05) is 32.2 Å². The van der Waals surface area contributed by atoms with E-state index in [1.165, 1.54) is 25.3 Å². The summed E-state index contributed by atoms with van der Waals surface area (Å²) in [5.74, 6) is 0.830. The van der Waals surface area contributed by atoms with E-state index in [1.54, 1.807) is 7.05 Å². The molecule has 6 heteroatoms. The Kier molecular flexibility index (Phi) is 7.49. The molecule has 3 N–H and O–H groups in total. The van der Waals surface area contributed by atoms with Gasteiger partial charge in [0.05, 0.1) is 0 Å². The summed E-state index contributed by atoms with van der Waals surface area (Å²) in [5.41, 5.74) is 2.06. The zero-order chi connectivity index (χ0) is 14.4. The average Bonchev–Trinajstić information content (AvgIpc) is 3.23. The van der Waals surface area contributed by atoms with Crippen molar-refractivity contribution in [3.63, 3.8) is 0 Å². The maximum Gasteiger partial charge on any atom is 0.221 e. The Morgan fingerprint density at radius 2 is 1.95 bits per heavy atom. The van der Waals surface area contributed by atoms with Crippen molar-refractivity contribution < 1.29 is 4.79 Å². The highest BCUT2D eigenvalue weighted by Gasteiger charge is 2.21. The molecule has 0 unspecified atom stereocenters. The highest BCUT2D eigenvalue weighted by molar-refractivity contribution is 14.0. The van der Waals surface area contributed by atoms with Crippen LogP contribution in [0.15, 0.2) is 29.3 Å². The smallest absolute Gasteiger partial charge is 0.221 e. The average molecular weight is 402 g/mol. The minimum Gasteiger partial charge on any atom is -0.356 e. The Hall–Kier alpha value is -1.31. The third-order valence-electron chi connectivity index (χ3n) is 3.12. The highest BCUT2D eigenvalue weighted by atomic mass is 127. The lowest BCUT2D eigenvalue weighted by molar-refractivity contribution is -0.114. The van der Waals surface area contributed by atoms with Gasteiger partial charge in [-0.1, -0.05) is 12.1 Å². The van der Waals surface area contributed by atoms with Gasteiger partial charge in [0.1, 0.15) is 0 Å². The quantitative estimate of drug-likeness (QED) is 0.402. The number of benzene rings is 1. The first kappa shape index (κ1) is 17.7. The number of carbonyl (C=O) groups excluding carboxylic acids is 1. The fourth-order valence-corrected chi connectivity index (χ4v) is 1.90. The van der Waals surface area contributed by atoms with Crippen LogP contribution in [0.2, 0.25) is 0 Å². The molecule has 1 amide bonds. The molecule has 0 radical (unpaired) electrons. The summed E-state index contributed by atoms with van der Waals surface area (Å²) < 4.78 is 0. The SMILES string of the molecule is CN=C(NCCc1ccc(NC(C)=O)cc1)NC1CC1.I. The second-order valence-electron chi connectivity index (χ2n) is 5.05. The summed E-state index contributed by atoms with van der Waals surface area (Å²) >= 11 is 0. The van der Waals surface area contributed by atoms with Gasteiger partial charge in [-0.05, 0) is 37.0 Å². The van der Waals surface area contributed by atoms with Crippen molar-refractivity contribution in [3.8, 4) is 0 Å². The first-order valence-electron chi connectivity index (χ1n) is 7.01. The van der Waals surface area contributed by atoms with E-state index in [2.05, 4.69) is 20.9 Å². The molecule has 116 valence electrons. The largest absolute Gasteiger partial charge is 0.356 e. The standard InChI is InChI=1S/C15H22N4O.HI/c1-11(20)18-13-5-3-12(4-6-13)9-10-17-15(16-2)19-14-7-8-14;/h3-6,14H,7-10H2,1-2H3,(H,18,20)(H2,16,17,19);1H. The van der Waals surface area contributed by atoms with Crippen LogP contribution in [0.3, 0.4) is 0 Å². The number of hydrogen-bond acceptors (Lipinski definition) is 2. The topological polar surface area (TPSA) is 65.5 Å². The van der Waals surface area contributed by atoms with Crippen LogP contribution in [0, 0.1) is 0 Å². The molecule has 1 fully saturated rings. The van der Waals surface area contributed by atoms with Gasteiger partial charge in [0.25, 0.3) is 0 Å². The Bertz CT molecular complexity index is 483. The second-order valence-corrected chi connectivity index (χ2v) is 5.05. The summed E-state index contributed by atoms with van der Waals surface area (Å²) in [6.45, 7) is 2.35. The number of halogens is 1. The molecule has 0 bridgehead atoms. The summed E-state index contributed by atoms with van der Waals surface area (Å²) in [5, 5.41) is 9.41. The first-order valence-corrected chi connectivity index (χ1v) is 7.01. The Balaban J connectivity index is 0.00000220. The lowest BCUT2D eigenvalue weighted by Gasteiger charge is -2.11. The maximum atomic E-state index is 10.9. The van der Waals surface area contributed by atoms with Crippen molar-refractivity contribution in [1.29, 1.82) is 0 Å². The molecule has 5 nitrogen and oxygen atoms in total. The van der Waals surface area contributed by atoms with Crippen molar-refractivity contribution in [2.75, 3.05) is 18.9 Å². The third-order valence-corrected chi connectivity index (χ3v) is 3.12. The number of anilines is 1. The van der Waals surface area contributed by atoms with E-state index in [-0.39, 0.29) is 29.9 Å². The van der Waals surface area contributed by atoms with E-state index in [1.807, 2.05) is 24.3 Å². The minimum atomic E-state index is -0.0469. The van der Waals surface area contributed by atoms with Crippen LogP contribution in [0.4, 0.5) is 5.69 Å². The fraction of sp³-hybridized carbons (Fsp3) is 0.467. The zero-order valence-corrected chi connectivity index (χ0v) is 14.8. The Labute approximate surface area is 143 Å². The van der Waals surface area contributed by atoms with E-state index in [0.29, 0.717) is 6.04 Å². The van der Waals surface area contributed by atoms with Gasteiger partial charge in [-0.15, -0.1) is 24.0 Å². The molecule has 0 atom stereocenters. The highest BCUT2D eigenvalue weighted by Crippen LogP contribution is 2.18. The number of rotatable bonds is 5. The van der Waals surface area contributed by atoms with Crippen LogP contribution in [0.1, 0.15) is 25.3 Å². The van der Waals surface area contributed by atoms with Crippen molar-refractivity contribution in [2.24, 2.45) is 4.99 Å². The molecule has 1 aromatic rings. The van der Waals surface area contributed by atoms with Crippen molar-refractivity contribution in [2.45, 2.75) is 32.2 Å². The molecular weight excluding hydrogens is 379 g/mol.